The minimum atomic E-state index is -0.913. The van der Waals surface area contributed by atoms with Gasteiger partial charge in [0.1, 0.15) is 0 Å². The zero-order chi connectivity index (χ0) is 15.2. The average molecular weight is 317 g/mol. The van der Waals surface area contributed by atoms with Gasteiger partial charge in [0, 0.05) is 32.1 Å². The van der Waals surface area contributed by atoms with Crippen molar-refractivity contribution in [3.05, 3.63) is 35.4 Å². The van der Waals surface area contributed by atoms with Gasteiger partial charge in [-0.15, -0.1) is 11.6 Å². The number of hydrogen-bond acceptors (Lipinski definition) is 2. The summed E-state index contributed by atoms with van der Waals surface area (Å²) in [5, 5.41) is 0. The van der Waals surface area contributed by atoms with E-state index in [0.29, 0.717) is 24.5 Å². The molecule has 0 saturated carbocycles. The first kappa shape index (κ1) is 16.2. The molecule has 0 spiro atoms. The Labute approximate surface area is 128 Å². The number of carbonyl (C=O) groups is 1. The molecule has 0 aromatic heterocycles. The number of halogens is 3. The van der Waals surface area contributed by atoms with Crippen molar-refractivity contribution in [2.45, 2.75) is 12.8 Å². The van der Waals surface area contributed by atoms with E-state index in [4.69, 9.17) is 11.6 Å². The minimum Gasteiger partial charge on any atom is -0.341 e. The first-order valence-corrected chi connectivity index (χ1v) is 7.63. The summed E-state index contributed by atoms with van der Waals surface area (Å²) in [7, 11) is 0. The summed E-state index contributed by atoms with van der Waals surface area (Å²) in [6.07, 6.45) is 1.01. The Hall–Kier alpha value is -1.20. The fourth-order valence-electron chi connectivity index (χ4n) is 2.50. The van der Waals surface area contributed by atoms with Crippen molar-refractivity contribution in [2.75, 3.05) is 38.6 Å². The maximum absolute atomic E-state index is 13.2. The molecule has 1 aromatic carbocycles. The van der Waals surface area contributed by atoms with E-state index in [1.54, 1.807) is 4.90 Å². The summed E-state index contributed by atoms with van der Waals surface area (Å²) >= 11 is 5.73. The molecule has 1 aliphatic heterocycles. The molecule has 116 valence electrons. The van der Waals surface area contributed by atoms with Gasteiger partial charge in [-0.25, -0.2) is 8.78 Å². The van der Waals surface area contributed by atoms with Gasteiger partial charge in [0.2, 0.25) is 5.91 Å². The zero-order valence-corrected chi connectivity index (χ0v) is 12.6. The van der Waals surface area contributed by atoms with Gasteiger partial charge < -0.3 is 9.80 Å². The van der Waals surface area contributed by atoms with E-state index in [2.05, 4.69) is 4.90 Å². The molecule has 0 bridgehead atoms. The summed E-state index contributed by atoms with van der Waals surface area (Å²) in [6, 6.07) is 3.60. The molecular formula is C15H19ClF2N2O. The van der Waals surface area contributed by atoms with Gasteiger partial charge >= 0.3 is 0 Å². The molecule has 1 heterocycles. The second-order valence-corrected chi connectivity index (χ2v) is 5.57. The van der Waals surface area contributed by atoms with Crippen molar-refractivity contribution in [2.24, 2.45) is 0 Å². The Morgan fingerprint density at radius 3 is 2.67 bits per heavy atom. The van der Waals surface area contributed by atoms with Gasteiger partial charge in [-0.05, 0) is 30.7 Å². The van der Waals surface area contributed by atoms with Gasteiger partial charge in [-0.2, -0.15) is 0 Å². The lowest BCUT2D eigenvalue weighted by atomic mass is 10.1. The van der Waals surface area contributed by atoms with Crippen LogP contribution in [0.2, 0.25) is 0 Å². The molecule has 1 fully saturated rings. The van der Waals surface area contributed by atoms with Crippen molar-refractivity contribution in [1.82, 2.24) is 9.80 Å². The maximum Gasteiger partial charge on any atom is 0.227 e. The van der Waals surface area contributed by atoms with Crippen LogP contribution in [-0.4, -0.2) is 54.3 Å². The predicted molar refractivity (Wildman–Crippen MR) is 78.4 cm³/mol. The largest absolute Gasteiger partial charge is 0.341 e. The number of alkyl halides is 1. The lowest BCUT2D eigenvalue weighted by Gasteiger charge is -2.21. The third-order valence-electron chi connectivity index (χ3n) is 3.68. The molecule has 3 nitrogen and oxygen atoms in total. The van der Waals surface area contributed by atoms with Gasteiger partial charge in [0.15, 0.2) is 11.6 Å². The molecule has 0 atom stereocenters. The van der Waals surface area contributed by atoms with Crippen LogP contribution in [0.15, 0.2) is 18.2 Å². The number of carbonyl (C=O) groups excluding carboxylic acids is 1. The van der Waals surface area contributed by atoms with Gasteiger partial charge in [-0.3, -0.25) is 4.79 Å². The molecule has 1 saturated heterocycles. The van der Waals surface area contributed by atoms with E-state index in [1.807, 2.05) is 0 Å². The maximum atomic E-state index is 13.2. The van der Waals surface area contributed by atoms with E-state index in [-0.39, 0.29) is 12.3 Å². The van der Waals surface area contributed by atoms with Crippen LogP contribution in [0.25, 0.3) is 0 Å². The molecule has 0 aliphatic carbocycles. The van der Waals surface area contributed by atoms with E-state index < -0.39 is 11.6 Å². The summed E-state index contributed by atoms with van der Waals surface area (Å²) < 4.78 is 26.0. The van der Waals surface area contributed by atoms with Crippen LogP contribution in [0.3, 0.4) is 0 Å². The normalized spacial score (nSPS) is 16.8. The number of nitrogens with zero attached hydrogens (tertiary/aromatic N) is 2. The highest BCUT2D eigenvalue weighted by atomic mass is 35.5. The SMILES string of the molecule is O=C(Cc1ccc(F)c(F)c1)N1CCCN(CCCl)CC1. The standard InChI is InChI=1S/C15H19ClF2N2O/c16-4-7-19-5-1-6-20(9-8-19)15(21)11-12-2-3-13(17)14(18)10-12/h2-3,10H,1,4-9,11H2. The fraction of sp³-hybridized carbons (Fsp3) is 0.533. The van der Waals surface area contributed by atoms with Crippen LogP contribution in [0.5, 0.6) is 0 Å². The Balaban J connectivity index is 1.92. The lowest BCUT2D eigenvalue weighted by Crippen LogP contribution is -2.36. The molecule has 0 unspecified atom stereocenters. The average Bonchev–Trinajstić information content (AvgIpc) is 2.69. The highest BCUT2D eigenvalue weighted by Gasteiger charge is 2.19. The van der Waals surface area contributed by atoms with E-state index in [1.165, 1.54) is 6.07 Å². The first-order chi connectivity index (χ1) is 10.1. The van der Waals surface area contributed by atoms with Crippen LogP contribution < -0.4 is 0 Å². The molecule has 1 amide bonds. The highest BCUT2D eigenvalue weighted by molar-refractivity contribution is 6.18. The van der Waals surface area contributed by atoms with E-state index >= 15 is 0 Å². The summed E-state index contributed by atoms with van der Waals surface area (Å²) in [5.41, 5.74) is 0.501. The Morgan fingerprint density at radius 2 is 1.95 bits per heavy atom. The topological polar surface area (TPSA) is 23.6 Å². The van der Waals surface area contributed by atoms with Crippen molar-refractivity contribution < 1.29 is 13.6 Å². The predicted octanol–water partition coefficient (Wildman–Crippen LogP) is 2.28. The quantitative estimate of drug-likeness (QED) is 0.796. The summed E-state index contributed by atoms with van der Waals surface area (Å²) in [4.78, 5) is 16.3. The third kappa shape index (κ3) is 4.64. The number of amides is 1. The van der Waals surface area contributed by atoms with Crippen molar-refractivity contribution in [1.29, 1.82) is 0 Å². The number of hydrogen-bond donors (Lipinski definition) is 0. The molecule has 6 heteroatoms. The second kappa shape index (κ2) is 7.71. The van der Waals surface area contributed by atoms with Crippen LogP contribution >= 0.6 is 11.6 Å². The third-order valence-corrected chi connectivity index (χ3v) is 3.85. The van der Waals surface area contributed by atoms with Gasteiger partial charge in [0.05, 0.1) is 6.42 Å². The Bertz CT molecular complexity index is 499. The van der Waals surface area contributed by atoms with E-state index in [0.717, 1.165) is 38.2 Å². The highest BCUT2D eigenvalue weighted by Crippen LogP contribution is 2.11. The van der Waals surface area contributed by atoms with Crippen molar-refractivity contribution in [3.8, 4) is 0 Å². The monoisotopic (exact) mass is 316 g/mol. The smallest absolute Gasteiger partial charge is 0.227 e. The first-order valence-electron chi connectivity index (χ1n) is 7.10. The van der Waals surface area contributed by atoms with Crippen LogP contribution in [0.1, 0.15) is 12.0 Å². The van der Waals surface area contributed by atoms with Crippen LogP contribution in [-0.2, 0) is 11.2 Å². The molecule has 21 heavy (non-hydrogen) atoms. The van der Waals surface area contributed by atoms with Crippen LogP contribution in [0, 0.1) is 11.6 Å². The van der Waals surface area contributed by atoms with Crippen LogP contribution in [0.4, 0.5) is 8.78 Å². The van der Waals surface area contributed by atoms with Gasteiger partial charge in [-0.1, -0.05) is 6.07 Å². The number of rotatable bonds is 4. The molecule has 2 rings (SSSR count). The molecular weight excluding hydrogens is 298 g/mol. The van der Waals surface area contributed by atoms with E-state index in [9.17, 15) is 13.6 Å². The summed E-state index contributed by atoms with van der Waals surface area (Å²) in [5.74, 6) is -1.26. The Morgan fingerprint density at radius 1 is 1.14 bits per heavy atom. The second-order valence-electron chi connectivity index (χ2n) is 5.19. The minimum absolute atomic E-state index is 0.0475. The fourth-order valence-corrected chi connectivity index (χ4v) is 2.74. The molecule has 1 aromatic rings. The number of benzene rings is 1. The van der Waals surface area contributed by atoms with Gasteiger partial charge in [0.25, 0.3) is 0 Å². The van der Waals surface area contributed by atoms with Crippen molar-refractivity contribution in [3.63, 3.8) is 0 Å². The molecule has 1 aliphatic rings. The summed E-state index contributed by atoms with van der Waals surface area (Å²) in [6.45, 7) is 3.91. The zero-order valence-electron chi connectivity index (χ0n) is 11.8. The molecule has 0 radical (unpaired) electrons. The Kier molecular flexibility index (Phi) is 5.94. The lowest BCUT2D eigenvalue weighted by molar-refractivity contribution is -0.130. The van der Waals surface area contributed by atoms with Crippen molar-refractivity contribution >= 4 is 17.5 Å². The molecule has 0 N–H and O–H groups in total.